The first-order valence-electron chi connectivity index (χ1n) is 7.92. The molecule has 2 saturated heterocycles. The van der Waals surface area contributed by atoms with Crippen molar-refractivity contribution >= 4 is 5.91 Å². The van der Waals surface area contributed by atoms with Gasteiger partial charge in [-0.05, 0) is 51.1 Å². The van der Waals surface area contributed by atoms with Crippen LogP contribution in [-0.4, -0.2) is 61.6 Å². The number of rotatable bonds is 3. The minimum absolute atomic E-state index is 0.181. The molecule has 0 aromatic heterocycles. The molecule has 0 aliphatic carbocycles. The molecule has 2 fully saturated rings. The third-order valence-electron chi connectivity index (χ3n) is 4.67. The molecule has 23 heavy (non-hydrogen) atoms. The predicted octanol–water partition coefficient (Wildman–Crippen LogP) is 2.15. The molecule has 2 aliphatic heterocycles. The van der Waals surface area contributed by atoms with Gasteiger partial charge in [0.15, 0.2) is 11.6 Å². The third-order valence-corrected chi connectivity index (χ3v) is 4.67. The molecule has 0 N–H and O–H groups in total. The van der Waals surface area contributed by atoms with Crippen molar-refractivity contribution in [2.24, 2.45) is 5.92 Å². The van der Waals surface area contributed by atoms with Gasteiger partial charge in [-0.2, -0.15) is 0 Å². The second-order valence-corrected chi connectivity index (χ2v) is 6.95. The molecule has 1 aromatic carbocycles. The smallest absolute Gasteiger partial charge is 0.254 e. The summed E-state index contributed by atoms with van der Waals surface area (Å²) in [6, 6.07) is 3.26. The molecule has 1 aromatic rings. The number of hydrogen-bond donors (Lipinski definition) is 0. The average Bonchev–Trinajstić information content (AvgIpc) is 2.47. The Morgan fingerprint density at radius 2 is 2.09 bits per heavy atom. The van der Waals surface area contributed by atoms with E-state index in [0.29, 0.717) is 25.6 Å². The lowest BCUT2D eigenvalue weighted by Crippen LogP contribution is -2.66. The van der Waals surface area contributed by atoms with E-state index in [1.165, 1.54) is 6.07 Å². The molecule has 1 spiro atoms. The second kappa shape index (κ2) is 6.17. The molecule has 3 rings (SSSR count). The Kier molecular flexibility index (Phi) is 4.38. The van der Waals surface area contributed by atoms with E-state index in [9.17, 15) is 13.6 Å². The van der Waals surface area contributed by atoms with Crippen LogP contribution in [0, 0.1) is 17.6 Å². The van der Waals surface area contributed by atoms with E-state index >= 15 is 0 Å². The van der Waals surface area contributed by atoms with Gasteiger partial charge in [-0.25, -0.2) is 8.78 Å². The molecular weight excluding hydrogens is 302 g/mol. The number of hydrogen-bond acceptors (Lipinski definition) is 3. The van der Waals surface area contributed by atoms with Crippen LogP contribution in [0.2, 0.25) is 0 Å². The summed E-state index contributed by atoms with van der Waals surface area (Å²) in [5.41, 5.74) is -0.0584. The first-order valence-corrected chi connectivity index (χ1v) is 7.92. The van der Waals surface area contributed by atoms with Crippen LogP contribution in [0.4, 0.5) is 8.78 Å². The SMILES string of the molecule is CN(C)C[C@H]1CCC2(CN(C(=O)c3ccc(F)c(F)c3)C2)OC1. The van der Waals surface area contributed by atoms with Gasteiger partial charge in [0.05, 0.1) is 19.7 Å². The fourth-order valence-corrected chi connectivity index (χ4v) is 3.43. The van der Waals surface area contributed by atoms with Crippen molar-refractivity contribution in [3.05, 3.63) is 35.4 Å². The van der Waals surface area contributed by atoms with Gasteiger partial charge in [0, 0.05) is 12.1 Å². The van der Waals surface area contributed by atoms with E-state index in [-0.39, 0.29) is 17.1 Å². The Balaban J connectivity index is 1.54. The molecule has 0 radical (unpaired) electrons. The van der Waals surface area contributed by atoms with Crippen LogP contribution in [0.15, 0.2) is 18.2 Å². The van der Waals surface area contributed by atoms with Gasteiger partial charge in [0.25, 0.3) is 5.91 Å². The summed E-state index contributed by atoms with van der Waals surface area (Å²) in [5, 5.41) is 0. The quantitative estimate of drug-likeness (QED) is 0.854. The highest BCUT2D eigenvalue weighted by Crippen LogP contribution is 2.36. The van der Waals surface area contributed by atoms with Gasteiger partial charge in [-0.3, -0.25) is 4.79 Å². The van der Waals surface area contributed by atoms with E-state index in [1.54, 1.807) is 4.90 Å². The molecule has 0 saturated carbocycles. The zero-order valence-corrected chi connectivity index (χ0v) is 13.5. The fourth-order valence-electron chi connectivity index (χ4n) is 3.43. The summed E-state index contributed by atoms with van der Waals surface area (Å²) >= 11 is 0. The van der Waals surface area contributed by atoms with Crippen molar-refractivity contribution in [2.45, 2.75) is 18.4 Å². The zero-order chi connectivity index (χ0) is 16.6. The Labute approximate surface area is 135 Å². The standard InChI is InChI=1S/C17H22F2N2O2/c1-20(2)8-12-5-6-17(23-9-12)10-21(11-17)16(22)13-3-4-14(18)15(19)7-13/h3-4,7,12H,5-6,8-11H2,1-2H3/t12-/m1/s1. The van der Waals surface area contributed by atoms with E-state index < -0.39 is 11.6 Å². The fraction of sp³-hybridized carbons (Fsp3) is 0.588. The van der Waals surface area contributed by atoms with E-state index in [4.69, 9.17) is 4.74 Å². The maximum absolute atomic E-state index is 13.2. The van der Waals surface area contributed by atoms with E-state index in [1.807, 2.05) is 0 Å². The van der Waals surface area contributed by atoms with Crippen molar-refractivity contribution in [2.75, 3.05) is 40.3 Å². The summed E-state index contributed by atoms with van der Waals surface area (Å²) in [5.74, 6) is -1.67. The van der Waals surface area contributed by atoms with E-state index in [0.717, 1.165) is 31.5 Å². The molecule has 0 bridgehead atoms. The number of carbonyl (C=O) groups is 1. The van der Waals surface area contributed by atoms with Crippen LogP contribution in [0.5, 0.6) is 0 Å². The summed E-state index contributed by atoms with van der Waals surface area (Å²) in [4.78, 5) is 16.1. The normalized spacial score (nSPS) is 23.2. The van der Waals surface area contributed by atoms with Crippen LogP contribution in [0.1, 0.15) is 23.2 Å². The van der Waals surface area contributed by atoms with Gasteiger partial charge in [0.1, 0.15) is 5.60 Å². The number of nitrogens with zero attached hydrogens (tertiary/aromatic N) is 2. The van der Waals surface area contributed by atoms with Crippen LogP contribution in [-0.2, 0) is 4.74 Å². The molecule has 2 heterocycles. The molecular formula is C17H22F2N2O2. The summed E-state index contributed by atoms with van der Waals surface area (Å²) < 4.78 is 32.2. The average molecular weight is 324 g/mol. The number of benzene rings is 1. The Hall–Kier alpha value is -1.53. The van der Waals surface area contributed by atoms with Crippen molar-refractivity contribution in [1.82, 2.24) is 9.80 Å². The van der Waals surface area contributed by atoms with E-state index in [2.05, 4.69) is 19.0 Å². The number of likely N-dealkylation sites (tertiary alicyclic amines) is 1. The molecule has 1 atom stereocenters. The van der Waals surface area contributed by atoms with Gasteiger partial charge in [-0.15, -0.1) is 0 Å². The van der Waals surface area contributed by atoms with Gasteiger partial charge < -0.3 is 14.5 Å². The number of ether oxygens (including phenoxy) is 1. The van der Waals surface area contributed by atoms with Gasteiger partial charge >= 0.3 is 0 Å². The van der Waals surface area contributed by atoms with Crippen molar-refractivity contribution in [1.29, 1.82) is 0 Å². The van der Waals surface area contributed by atoms with Crippen LogP contribution in [0.3, 0.4) is 0 Å². The maximum atomic E-state index is 13.2. The number of halogens is 2. The summed E-state index contributed by atoms with van der Waals surface area (Å²) in [7, 11) is 4.10. The molecule has 1 amide bonds. The first-order chi connectivity index (χ1) is 10.9. The first kappa shape index (κ1) is 16.3. The lowest BCUT2D eigenvalue weighted by Gasteiger charge is -2.53. The van der Waals surface area contributed by atoms with Crippen molar-refractivity contribution in [3.63, 3.8) is 0 Å². The molecule has 4 nitrogen and oxygen atoms in total. The minimum Gasteiger partial charge on any atom is -0.371 e. The molecule has 126 valence electrons. The monoisotopic (exact) mass is 324 g/mol. The highest BCUT2D eigenvalue weighted by atomic mass is 19.2. The third kappa shape index (κ3) is 3.38. The molecule has 0 unspecified atom stereocenters. The lowest BCUT2D eigenvalue weighted by molar-refractivity contribution is -0.168. The van der Waals surface area contributed by atoms with Crippen molar-refractivity contribution < 1.29 is 18.3 Å². The zero-order valence-electron chi connectivity index (χ0n) is 13.5. The Morgan fingerprint density at radius 3 is 2.65 bits per heavy atom. The molecule has 2 aliphatic rings. The Bertz CT molecular complexity index is 590. The lowest BCUT2D eigenvalue weighted by atomic mass is 9.82. The number of carbonyl (C=O) groups excluding carboxylic acids is 1. The van der Waals surface area contributed by atoms with Crippen molar-refractivity contribution in [3.8, 4) is 0 Å². The molecule has 6 heteroatoms. The number of amides is 1. The highest BCUT2D eigenvalue weighted by Gasteiger charge is 2.48. The highest BCUT2D eigenvalue weighted by molar-refractivity contribution is 5.95. The van der Waals surface area contributed by atoms with Crippen LogP contribution >= 0.6 is 0 Å². The van der Waals surface area contributed by atoms with Gasteiger partial charge in [-0.1, -0.05) is 0 Å². The summed E-state index contributed by atoms with van der Waals surface area (Å²) in [6.07, 6.45) is 2.03. The van der Waals surface area contributed by atoms with Crippen LogP contribution < -0.4 is 0 Å². The van der Waals surface area contributed by atoms with Gasteiger partial charge in [0.2, 0.25) is 0 Å². The largest absolute Gasteiger partial charge is 0.371 e. The second-order valence-electron chi connectivity index (χ2n) is 6.95. The Morgan fingerprint density at radius 1 is 1.35 bits per heavy atom. The van der Waals surface area contributed by atoms with Crippen LogP contribution in [0.25, 0.3) is 0 Å². The minimum atomic E-state index is -0.994. The predicted molar refractivity (Wildman–Crippen MR) is 82.2 cm³/mol. The maximum Gasteiger partial charge on any atom is 0.254 e. The summed E-state index contributed by atoms with van der Waals surface area (Å²) in [6.45, 7) is 2.78. The topological polar surface area (TPSA) is 32.8 Å².